The van der Waals surface area contributed by atoms with E-state index in [0.29, 0.717) is 4.88 Å². The molecule has 0 N–H and O–H groups in total. The molecule has 0 radical (unpaired) electrons. The highest BCUT2D eigenvalue weighted by molar-refractivity contribution is 9.12. The number of carbonyl (C=O) groups excluding carboxylic acids is 4. The third-order valence-electron chi connectivity index (χ3n) is 6.63. The van der Waals surface area contributed by atoms with Crippen LogP contribution in [0, 0.1) is 23.7 Å². The van der Waals surface area contributed by atoms with Gasteiger partial charge in [0.2, 0.25) is 0 Å². The third-order valence-corrected chi connectivity index (χ3v) is 11.1. The first-order chi connectivity index (χ1) is 15.3. The summed E-state index contributed by atoms with van der Waals surface area (Å²) in [6.45, 7) is -0.424. The number of hydrazine groups is 1. The summed E-state index contributed by atoms with van der Waals surface area (Å²) in [6, 6.07) is 9.79. The number of nitrogens with zero attached hydrogens (tertiary/aromatic N) is 2. The highest BCUT2D eigenvalue weighted by atomic mass is 79.9. The number of ketones is 1. The van der Waals surface area contributed by atoms with Crippen LogP contribution in [0.2, 0.25) is 5.02 Å². The van der Waals surface area contributed by atoms with Crippen LogP contribution >= 0.6 is 54.8 Å². The summed E-state index contributed by atoms with van der Waals surface area (Å²) in [4.78, 5) is 54.0. The van der Waals surface area contributed by atoms with Crippen molar-refractivity contribution < 1.29 is 19.2 Å². The maximum Gasteiger partial charge on any atom is 0.274 e. The molecule has 1 aromatic carbocycles. The van der Waals surface area contributed by atoms with Crippen LogP contribution in [0.1, 0.15) is 26.5 Å². The summed E-state index contributed by atoms with van der Waals surface area (Å²) in [6.07, 6.45) is 0.777. The third kappa shape index (κ3) is 3.31. The molecule has 10 heteroatoms. The van der Waals surface area contributed by atoms with Crippen LogP contribution < -0.4 is 0 Å². The van der Waals surface area contributed by atoms with Crippen LogP contribution in [0.5, 0.6) is 0 Å². The number of halogens is 3. The summed E-state index contributed by atoms with van der Waals surface area (Å²) in [5.41, 5.74) is 0.130. The van der Waals surface area contributed by atoms with Crippen molar-refractivity contribution in [3.63, 3.8) is 0 Å². The van der Waals surface area contributed by atoms with Crippen LogP contribution in [-0.2, 0) is 9.59 Å². The lowest BCUT2D eigenvalue weighted by Crippen LogP contribution is -2.52. The molecule has 1 saturated heterocycles. The number of fused-ring (bicyclic) bond motifs is 5. The highest BCUT2D eigenvalue weighted by Crippen LogP contribution is 2.60. The molecule has 3 fully saturated rings. The van der Waals surface area contributed by atoms with E-state index in [1.807, 2.05) is 0 Å². The molecule has 6 nitrogen and oxygen atoms in total. The van der Waals surface area contributed by atoms with Crippen LogP contribution in [-0.4, -0.2) is 49.7 Å². The Balaban J connectivity index is 1.53. The van der Waals surface area contributed by atoms with Gasteiger partial charge in [-0.05, 0) is 41.8 Å². The van der Waals surface area contributed by atoms with Gasteiger partial charge >= 0.3 is 0 Å². The van der Waals surface area contributed by atoms with Gasteiger partial charge in [0.15, 0.2) is 5.78 Å². The van der Waals surface area contributed by atoms with Crippen molar-refractivity contribution in [3.8, 4) is 0 Å². The standard InChI is InChI=1S/C22H17Br2ClN2O4S/c23-18-11-8-12(19(18)24)17-16(11)21(30)27(22(17)31)26(9-14(28)15-6-3-7-32-15)20(29)10-4-1-2-5-13(10)25/h1-7,11-12,16-19H,8-9H2/t11-,12-,16-,17-,18-,19+/m1/s1. The van der Waals surface area contributed by atoms with Crippen molar-refractivity contribution in [1.82, 2.24) is 10.0 Å². The monoisotopic (exact) mass is 598 g/mol. The van der Waals surface area contributed by atoms with E-state index in [1.54, 1.807) is 35.7 Å². The predicted octanol–water partition coefficient (Wildman–Crippen LogP) is 4.42. The molecule has 2 saturated carbocycles. The lowest BCUT2D eigenvalue weighted by Gasteiger charge is -2.31. The van der Waals surface area contributed by atoms with E-state index in [0.717, 1.165) is 16.4 Å². The maximum absolute atomic E-state index is 13.5. The van der Waals surface area contributed by atoms with Gasteiger partial charge in [0.1, 0.15) is 6.54 Å². The van der Waals surface area contributed by atoms with E-state index < -0.39 is 36.1 Å². The van der Waals surface area contributed by atoms with Gasteiger partial charge in [-0.1, -0.05) is 61.7 Å². The average Bonchev–Trinajstić information content (AvgIpc) is 3.53. The number of benzene rings is 1. The van der Waals surface area contributed by atoms with Crippen LogP contribution in [0.4, 0.5) is 0 Å². The molecule has 2 heterocycles. The molecule has 2 bridgehead atoms. The molecule has 3 amide bonds. The smallest absolute Gasteiger partial charge is 0.274 e. The van der Waals surface area contributed by atoms with Crippen molar-refractivity contribution in [2.75, 3.05) is 6.54 Å². The van der Waals surface area contributed by atoms with Gasteiger partial charge in [0, 0.05) is 9.65 Å². The molecule has 6 atom stereocenters. The normalized spacial score (nSPS) is 30.7. The largest absolute Gasteiger partial charge is 0.291 e. The number of rotatable bonds is 5. The predicted molar refractivity (Wildman–Crippen MR) is 127 cm³/mol. The summed E-state index contributed by atoms with van der Waals surface area (Å²) < 4.78 is 0. The van der Waals surface area contributed by atoms with Gasteiger partial charge in [-0.25, -0.2) is 5.01 Å². The molecule has 1 aromatic heterocycles. The number of imide groups is 1. The second-order valence-corrected chi connectivity index (χ2v) is 11.7. The Morgan fingerprint density at radius 1 is 1.03 bits per heavy atom. The van der Waals surface area contributed by atoms with Gasteiger partial charge in [-0.2, -0.15) is 5.01 Å². The molecule has 2 aromatic rings. The number of thiophene rings is 1. The summed E-state index contributed by atoms with van der Waals surface area (Å²) in [5, 5.41) is 3.84. The number of carbonyl (C=O) groups is 4. The minimum Gasteiger partial charge on any atom is -0.291 e. The average molecular weight is 601 g/mol. The second kappa shape index (κ2) is 8.34. The molecule has 0 spiro atoms. The minimum absolute atomic E-state index is 0.00101. The number of hydrogen-bond donors (Lipinski definition) is 0. The molecule has 166 valence electrons. The van der Waals surface area contributed by atoms with E-state index in [9.17, 15) is 19.2 Å². The zero-order valence-corrected chi connectivity index (χ0v) is 21.2. The van der Waals surface area contributed by atoms with E-state index in [2.05, 4.69) is 31.9 Å². The summed E-state index contributed by atoms with van der Waals surface area (Å²) >= 11 is 14.8. The van der Waals surface area contributed by atoms with Gasteiger partial charge in [-0.15, -0.1) is 11.3 Å². The zero-order valence-electron chi connectivity index (χ0n) is 16.5. The first-order valence-corrected chi connectivity index (χ1v) is 13.2. The van der Waals surface area contributed by atoms with Gasteiger partial charge in [0.25, 0.3) is 17.7 Å². The molecule has 1 aliphatic heterocycles. The Kier molecular flexibility index (Phi) is 5.80. The van der Waals surface area contributed by atoms with Crippen molar-refractivity contribution in [1.29, 1.82) is 0 Å². The van der Waals surface area contributed by atoms with Gasteiger partial charge in [0.05, 0.1) is 27.3 Å². The maximum atomic E-state index is 13.5. The van der Waals surface area contributed by atoms with Crippen molar-refractivity contribution >= 4 is 78.3 Å². The Morgan fingerprint density at radius 3 is 2.22 bits per heavy atom. The molecule has 2 aliphatic carbocycles. The highest BCUT2D eigenvalue weighted by Gasteiger charge is 2.67. The Morgan fingerprint density at radius 2 is 1.66 bits per heavy atom. The van der Waals surface area contributed by atoms with Crippen LogP contribution in [0.15, 0.2) is 41.8 Å². The fourth-order valence-electron chi connectivity index (χ4n) is 5.23. The quantitative estimate of drug-likeness (QED) is 0.290. The number of hydrogen-bond acceptors (Lipinski definition) is 5. The fraction of sp³-hybridized carbons (Fsp3) is 0.364. The molecule has 0 unspecified atom stereocenters. The first kappa shape index (κ1) is 22.3. The lowest BCUT2D eigenvalue weighted by atomic mass is 9.81. The number of amides is 3. The van der Waals surface area contributed by atoms with Crippen molar-refractivity contribution in [2.24, 2.45) is 23.7 Å². The van der Waals surface area contributed by atoms with Gasteiger partial charge < -0.3 is 0 Å². The number of Topliss-reactive ketones (excluding diaryl/α,β-unsaturated/α-hetero) is 1. The molecule has 5 rings (SSSR count). The van der Waals surface area contributed by atoms with Gasteiger partial charge in [-0.3, -0.25) is 19.2 Å². The topological polar surface area (TPSA) is 74.8 Å². The van der Waals surface area contributed by atoms with Crippen LogP contribution in [0.25, 0.3) is 0 Å². The minimum atomic E-state index is -0.652. The Hall–Kier alpha value is -1.55. The van der Waals surface area contributed by atoms with E-state index in [4.69, 9.17) is 11.6 Å². The van der Waals surface area contributed by atoms with E-state index >= 15 is 0 Å². The zero-order chi connectivity index (χ0) is 22.7. The fourth-order valence-corrected chi connectivity index (χ4v) is 7.98. The van der Waals surface area contributed by atoms with Crippen molar-refractivity contribution in [2.45, 2.75) is 16.1 Å². The lowest BCUT2D eigenvalue weighted by molar-refractivity contribution is -0.154. The van der Waals surface area contributed by atoms with Crippen molar-refractivity contribution in [3.05, 3.63) is 57.2 Å². The Bertz CT molecular complexity index is 1090. The SMILES string of the molecule is O=C(CN(C(=O)c1ccccc1Cl)N1C(=O)[C@@H]2[C@H]3C[C@@H]([C@@H](Br)[C@H]3Br)[C@H]2C1=O)c1cccs1. The van der Waals surface area contributed by atoms with E-state index in [1.165, 1.54) is 17.4 Å². The van der Waals surface area contributed by atoms with Crippen LogP contribution in [0.3, 0.4) is 0 Å². The molecular weight excluding hydrogens is 584 g/mol. The number of alkyl halides is 2. The molecular formula is C22H17Br2ClN2O4S. The first-order valence-electron chi connectivity index (χ1n) is 10.1. The van der Waals surface area contributed by atoms with E-state index in [-0.39, 0.29) is 37.9 Å². The molecule has 32 heavy (non-hydrogen) atoms. The summed E-state index contributed by atoms with van der Waals surface area (Å²) in [7, 11) is 0. The second-order valence-electron chi connectivity index (χ2n) is 8.24. The summed E-state index contributed by atoms with van der Waals surface area (Å²) in [5.74, 6) is -2.83. The molecule has 3 aliphatic rings. The Labute approximate surface area is 210 Å².